The number of rotatable bonds is 4. The van der Waals surface area contributed by atoms with Gasteiger partial charge in [-0.05, 0) is 40.7 Å². The van der Waals surface area contributed by atoms with Gasteiger partial charge in [-0.2, -0.15) is 0 Å². The third-order valence-electron chi connectivity index (χ3n) is 5.14. The summed E-state index contributed by atoms with van der Waals surface area (Å²) in [6.45, 7) is 19.8. The summed E-state index contributed by atoms with van der Waals surface area (Å²) in [5.41, 5.74) is 3.13. The van der Waals surface area contributed by atoms with E-state index in [2.05, 4.69) is 59.9 Å². The van der Waals surface area contributed by atoms with Gasteiger partial charge in [-0.1, -0.05) is 66.3 Å². The van der Waals surface area contributed by atoms with Crippen LogP contribution in [-0.4, -0.2) is 0 Å². The third-order valence-corrected chi connectivity index (χ3v) is 5.14. The van der Waals surface area contributed by atoms with Gasteiger partial charge in [0.1, 0.15) is 0 Å². The first-order chi connectivity index (χ1) is 7.92. The normalized spacial score (nSPS) is 35.6. The molecule has 0 nitrogen and oxygen atoms in total. The molecule has 0 aromatic carbocycles. The van der Waals surface area contributed by atoms with E-state index in [1.807, 2.05) is 0 Å². The average Bonchev–Trinajstić information content (AvgIpc) is 2.32. The summed E-state index contributed by atoms with van der Waals surface area (Å²) < 4.78 is 0. The quantitative estimate of drug-likeness (QED) is 0.610. The fourth-order valence-electron chi connectivity index (χ4n) is 3.40. The molecule has 96 valence electrons. The molecule has 4 atom stereocenters. The molecule has 0 fully saturated rings. The fourth-order valence-corrected chi connectivity index (χ4v) is 3.40. The topological polar surface area (TPSA) is 0 Å². The van der Waals surface area contributed by atoms with Gasteiger partial charge in [-0.15, -0.1) is 0 Å². The Morgan fingerprint density at radius 1 is 1.35 bits per heavy atom. The minimum Gasteiger partial charge on any atom is -0.0988 e. The van der Waals surface area contributed by atoms with E-state index in [9.17, 15) is 0 Å². The van der Waals surface area contributed by atoms with Crippen LogP contribution in [0.3, 0.4) is 0 Å². The van der Waals surface area contributed by atoms with Crippen molar-refractivity contribution in [3.8, 4) is 0 Å². The van der Waals surface area contributed by atoms with Crippen LogP contribution in [0.5, 0.6) is 0 Å². The molecule has 17 heavy (non-hydrogen) atoms. The highest BCUT2D eigenvalue weighted by atomic mass is 14.4. The van der Waals surface area contributed by atoms with Crippen molar-refractivity contribution in [2.75, 3.05) is 0 Å². The molecular weight excluding hydrogens is 204 g/mol. The largest absolute Gasteiger partial charge is 0.0988 e. The first-order valence-corrected chi connectivity index (χ1v) is 6.91. The lowest BCUT2D eigenvalue weighted by atomic mass is 9.58. The van der Waals surface area contributed by atoms with Crippen LogP contribution >= 0.6 is 0 Å². The van der Waals surface area contributed by atoms with Crippen molar-refractivity contribution in [2.45, 2.75) is 47.5 Å². The second-order valence-corrected chi connectivity index (χ2v) is 5.97. The molecule has 0 bridgehead atoms. The minimum absolute atomic E-state index is 0.270. The zero-order chi connectivity index (χ0) is 13.2. The maximum absolute atomic E-state index is 4.05. The third kappa shape index (κ3) is 2.27. The van der Waals surface area contributed by atoms with Gasteiger partial charge in [-0.3, -0.25) is 0 Å². The Balaban J connectivity index is 3.36. The van der Waals surface area contributed by atoms with E-state index in [1.54, 1.807) is 0 Å². The first kappa shape index (κ1) is 14.3. The lowest BCUT2D eigenvalue weighted by Crippen LogP contribution is -2.36. The van der Waals surface area contributed by atoms with Crippen molar-refractivity contribution in [3.63, 3.8) is 0 Å². The molecule has 1 rings (SSSR count). The molecule has 0 heterocycles. The Morgan fingerprint density at radius 3 is 2.35 bits per heavy atom. The van der Waals surface area contributed by atoms with Crippen LogP contribution < -0.4 is 0 Å². The highest BCUT2D eigenvalue weighted by Crippen LogP contribution is 2.51. The van der Waals surface area contributed by atoms with Gasteiger partial charge in [-0.25, -0.2) is 0 Å². The van der Waals surface area contributed by atoms with Gasteiger partial charge < -0.3 is 0 Å². The Bertz CT molecular complexity index is 334. The molecule has 1 aliphatic rings. The van der Waals surface area contributed by atoms with Crippen LogP contribution in [-0.2, 0) is 0 Å². The SMILES string of the molecule is C=CC1=C(C=C)C(C)(C(C)CC)CC(C)C1C. The molecule has 4 unspecified atom stereocenters. The van der Waals surface area contributed by atoms with Crippen molar-refractivity contribution >= 4 is 0 Å². The summed E-state index contributed by atoms with van der Waals surface area (Å²) in [4.78, 5) is 0. The molecule has 0 aliphatic heterocycles. The summed E-state index contributed by atoms with van der Waals surface area (Å²) in [6.07, 6.45) is 6.62. The zero-order valence-electron chi connectivity index (χ0n) is 12.2. The number of allylic oxidation sites excluding steroid dienone is 4. The molecule has 0 spiro atoms. The Morgan fingerprint density at radius 2 is 1.94 bits per heavy atom. The van der Waals surface area contributed by atoms with E-state index in [4.69, 9.17) is 0 Å². The molecule has 0 saturated heterocycles. The van der Waals surface area contributed by atoms with E-state index < -0.39 is 0 Å². The van der Waals surface area contributed by atoms with Crippen LogP contribution in [0.4, 0.5) is 0 Å². The molecule has 1 aliphatic carbocycles. The molecule has 0 amide bonds. The van der Waals surface area contributed by atoms with Gasteiger partial charge in [0.25, 0.3) is 0 Å². The average molecular weight is 232 g/mol. The highest BCUT2D eigenvalue weighted by Gasteiger charge is 2.41. The van der Waals surface area contributed by atoms with E-state index in [-0.39, 0.29) is 5.41 Å². The van der Waals surface area contributed by atoms with E-state index in [0.29, 0.717) is 11.8 Å². The van der Waals surface area contributed by atoms with Gasteiger partial charge in [0.15, 0.2) is 0 Å². The first-order valence-electron chi connectivity index (χ1n) is 6.91. The second-order valence-electron chi connectivity index (χ2n) is 5.97. The fraction of sp³-hybridized carbons (Fsp3) is 0.647. The second kappa shape index (κ2) is 5.25. The van der Waals surface area contributed by atoms with Gasteiger partial charge in [0, 0.05) is 0 Å². The standard InChI is InChI=1S/C17H28/c1-8-13(5)17(7)11-12(4)14(6)15(9-2)16(17)10-3/h9-10,12-14H,2-3,8,11H2,1,4-7H3. The highest BCUT2D eigenvalue weighted by molar-refractivity contribution is 5.40. The van der Waals surface area contributed by atoms with Crippen molar-refractivity contribution in [1.82, 2.24) is 0 Å². The maximum atomic E-state index is 4.05. The monoisotopic (exact) mass is 232 g/mol. The van der Waals surface area contributed by atoms with E-state index >= 15 is 0 Å². The lowest BCUT2D eigenvalue weighted by Gasteiger charge is -2.46. The van der Waals surface area contributed by atoms with E-state index in [1.165, 1.54) is 24.0 Å². The van der Waals surface area contributed by atoms with Gasteiger partial charge >= 0.3 is 0 Å². The smallest absolute Gasteiger partial charge is 0.00444 e. The van der Waals surface area contributed by atoms with Gasteiger partial charge in [0.05, 0.1) is 0 Å². The number of hydrogen-bond donors (Lipinski definition) is 0. The Kier molecular flexibility index (Phi) is 4.41. The molecule has 0 radical (unpaired) electrons. The van der Waals surface area contributed by atoms with Crippen molar-refractivity contribution in [1.29, 1.82) is 0 Å². The minimum atomic E-state index is 0.270. The summed E-state index contributed by atoms with van der Waals surface area (Å²) in [6, 6.07) is 0. The number of hydrogen-bond acceptors (Lipinski definition) is 0. The van der Waals surface area contributed by atoms with Crippen LogP contribution in [0, 0.1) is 23.2 Å². The lowest BCUT2D eigenvalue weighted by molar-refractivity contribution is 0.163. The van der Waals surface area contributed by atoms with Crippen molar-refractivity contribution in [3.05, 3.63) is 36.5 Å². The van der Waals surface area contributed by atoms with Gasteiger partial charge in [0.2, 0.25) is 0 Å². The van der Waals surface area contributed by atoms with Crippen molar-refractivity contribution < 1.29 is 0 Å². The summed E-state index contributed by atoms with van der Waals surface area (Å²) >= 11 is 0. The molecule has 0 N–H and O–H groups in total. The molecule has 0 saturated carbocycles. The Hall–Kier alpha value is -0.780. The van der Waals surface area contributed by atoms with Crippen LogP contribution in [0.15, 0.2) is 36.5 Å². The molecule has 0 aromatic rings. The Labute approximate surface area is 108 Å². The predicted octanol–water partition coefficient (Wildman–Crippen LogP) is 5.38. The summed E-state index contributed by atoms with van der Waals surface area (Å²) in [7, 11) is 0. The molecule has 0 aromatic heterocycles. The molecule has 0 heteroatoms. The van der Waals surface area contributed by atoms with Crippen LogP contribution in [0.2, 0.25) is 0 Å². The summed E-state index contributed by atoms with van der Waals surface area (Å²) in [5, 5.41) is 0. The summed E-state index contributed by atoms with van der Waals surface area (Å²) in [5.74, 6) is 2.03. The van der Waals surface area contributed by atoms with E-state index in [0.717, 1.165) is 5.92 Å². The van der Waals surface area contributed by atoms with Crippen LogP contribution in [0.1, 0.15) is 47.5 Å². The maximum Gasteiger partial charge on any atom is -0.00444 e. The zero-order valence-corrected chi connectivity index (χ0v) is 12.2. The predicted molar refractivity (Wildman–Crippen MR) is 77.9 cm³/mol. The molecular formula is C17H28. The van der Waals surface area contributed by atoms with Crippen LogP contribution in [0.25, 0.3) is 0 Å². The van der Waals surface area contributed by atoms with Crippen molar-refractivity contribution in [2.24, 2.45) is 23.2 Å².